The van der Waals surface area contributed by atoms with E-state index in [-0.39, 0.29) is 28.7 Å². The Hall–Kier alpha value is -2.39. The first-order valence-corrected chi connectivity index (χ1v) is 10.5. The molecule has 1 aromatic heterocycles. The van der Waals surface area contributed by atoms with Crippen LogP contribution in [0.1, 0.15) is 54.9 Å². The number of hydrogen-bond donors (Lipinski definition) is 3. The van der Waals surface area contributed by atoms with Gasteiger partial charge in [0.05, 0.1) is 36.0 Å². The molecule has 3 atom stereocenters. The summed E-state index contributed by atoms with van der Waals surface area (Å²) in [6.45, 7) is 5.49. The molecule has 31 heavy (non-hydrogen) atoms. The molecule has 168 valence electrons. The number of aromatic hydroxyl groups is 1. The number of methoxy groups -OCH3 is 1. The van der Waals surface area contributed by atoms with E-state index in [9.17, 15) is 15.0 Å². The highest BCUT2D eigenvalue weighted by molar-refractivity contribution is 5.90. The molecule has 8 heteroatoms. The summed E-state index contributed by atoms with van der Waals surface area (Å²) in [5, 5.41) is 22.0. The van der Waals surface area contributed by atoms with E-state index in [1.807, 2.05) is 0 Å². The number of ether oxygens (including phenoxy) is 2. The Labute approximate surface area is 180 Å². The number of fused-ring (bicyclic) bond motifs is 1. The highest BCUT2D eigenvalue weighted by atomic mass is 16.6. The fourth-order valence-electron chi connectivity index (χ4n) is 5.11. The van der Waals surface area contributed by atoms with Crippen molar-refractivity contribution in [2.75, 3.05) is 14.2 Å². The van der Waals surface area contributed by atoms with Gasteiger partial charge < -0.3 is 24.1 Å². The van der Waals surface area contributed by atoms with Crippen LogP contribution in [0.25, 0.3) is 16.7 Å². The summed E-state index contributed by atoms with van der Waals surface area (Å²) < 4.78 is 17.8. The van der Waals surface area contributed by atoms with Gasteiger partial charge >= 0.3 is 5.63 Å². The Balaban J connectivity index is 1.78. The third kappa shape index (κ3) is 3.53. The second-order valence-electron chi connectivity index (χ2n) is 8.39. The van der Waals surface area contributed by atoms with Crippen molar-refractivity contribution in [3.8, 4) is 5.75 Å². The van der Waals surface area contributed by atoms with Crippen molar-refractivity contribution in [2.45, 2.75) is 62.9 Å². The van der Waals surface area contributed by atoms with Gasteiger partial charge in [0.1, 0.15) is 23.0 Å². The molecular weight excluding hydrogens is 402 g/mol. The van der Waals surface area contributed by atoms with E-state index in [4.69, 9.17) is 18.7 Å². The minimum Gasteiger partial charge on any atom is -0.506 e. The average Bonchev–Trinajstić information content (AvgIpc) is 3.20. The number of hydrogen-bond acceptors (Lipinski definition) is 8. The molecule has 8 nitrogen and oxygen atoms in total. The summed E-state index contributed by atoms with van der Waals surface area (Å²) in [7, 11) is 3.03. The zero-order chi connectivity index (χ0) is 22.3. The summed E-state index contributed by atoms with van der Waals surface area (Å²) in [5.41, 5.74) is 2.90. The van der Waals surface area contributed by atoms with Crippen LogP contribution in [0.3, 0.4) is 0 Å². The van der Waals surface area contributed by atoms with Crippen molar-refractivity contribution < 1.29 is 28.9 Å². The van der Waals surface area contributed by atoms with E-state index in [0.29, 0.717) is 17.4 Å². The maximum atomic E-state index is 12.6. The van der Waals surface area contributed by atoms with Gasteiger partial charge in [0.2, 0.25) is 0 Å². The average molecular weight is 431 g/mol. The van der Waals surface area contributed by atoms with Crippen molar-refractivity contribution in [1.29, 1.82) is 0 Å². The summed E-state index contributed by atoms with van der Waals surface area (Å²) in [4.78, 5) is 17.4. The summed E-state index contributed by atoms with van der Waals surface area (Å²) in [6.07, 6.45) is 2.85. The van der Waals surface area contributed by atoms with Gasteiger partial charge in [-0.1, -0.05) is 25.5 Å². The SMILES string of the molecule is C=C(NOC)c1c(O)c2ccc(C3OC4(CCCC4)C(OC)CC3O)c(C)c2oc1=O. The molecule has 4 rings (SSSR count). The zero-order valence-electron chi connectivity index (χ0n) is 18.1. The second-order valence-corrected chi connectivity index (χ2v) is 8.39. The van der Waals surface area contributed by atoms with Gasteiger partial charge in [0.15, 0.2) is 0 Å². The lowest BCUT2D eigenvalue weighted by molar-refractivity contribution is -0.233. The lowest BCUT2D eigenvalue weighted by atomic mass is 9.83. The molecule has 2 aliphatic rings. The van der Waals surface area contributed by atoms with Crippen LogP contribution in [0.5, 0.6) is 5.75 Å². The quantitative estimate of drug-likeness (QED) is 0.489. The van der Waals surface area contributed by atoms with Crippen LogP contribution in [-0.2, 0) is 14.3 Å². The van der Waals surface area contributed by atoms with Crippen LogP contribution in [-0.4, -0.2) is 42.2 Å². The van der Waals surface area contributed by atoms with E-state index < -0.39 is 23.4 Å². The van der Waals surface area contributed by atoms with Crippen molar-refractivity contribution in [3.05, 3.63) is 45.8 Å². The highest BCUT2D eigenvalue weighted by Gasteiger charge is 2.51. The van der Waals surface area contributed by atoms with Crippen LogP contribution in [0.2, 0.25) is 0 Å². The van der Waals surface area contributed by atoms with Crippen molar-refractivity contribution in [2.24, 2.45) is 0 Å². The van der Waals surface area contributed by atoms with E-state index >= 15 is 0 Å². The molecule has 0 radical (unpaired) electrons. The molecule has 1 saturated carbocycles. The fraction of sp³-hybridized carbons (Fsp3) is 0.522. The molecule has 1 spiro atoms. The van der Waals surface area contributed by atoms with Gasteiger partial charge in [-0.05, 0) is 37.0 Å². The van der Waals surface area contributed by atoms with E-state index in [1.165, 1.54) is 7.11 Å². The maximum Gasteiger partial charge on any atom is 0.349 e. The van der Waals surface area contributed by atoms with E-state index in [1.54, 1.807) is 26.2 Å². The minimum absolute atomic E-state index is 0.0942. The van der Waals surface area contributed by atoms with Crippen molar-refractivity contribution in [3.63, 3.8) is 0 Å². The number of benzene rings is 1. The van der Waals surface area contributed by atoms with E-state index in [0.717, 1.165) is 31.2 Å². The molecule has 3 unspecified atom stereocenters. The van der Waals surface area contributed by atoms with E-state index in [2.05, 4.69) is 12.1 Å². The largest absolute Gasteiger partial charge is 0.506 e. The van der Waals surface area contributed by atoms with Crippen molar-refractivity contribution in [1.82, 2.24) is 5.48 Å². The molecule has 1 aliphatic heterocycles. The Morgan fingerprint density at radius 1 is 1.29 bits per heavy atom. The predicted octanol–water partition coefficient (Wildman–Crippen LogP) is 3.08. The topological polar surface area (TPSA) is 110 Å². The Morgan fingerprint density at radius 2 is 2.00 bits per heavy atom. The maximum absolute atomic E-state index is 12.6. The molecule has 2 heterocycles. The predicted molar refractivity (Wildman–Crippen MR) is 115 cm³/mol. The number of nitrogens with one attached hydrogen (secondary N) is 1. The van der Waals surface area contributed by atoms with Crippen LogP contribution < -0.4 is 11.1 Å². The normalized spacial score (nSPS) is 25.2. The molecule has 1 aromatic carbocycles. The summed E-state index contributed by atoms with van der Waals surface area (Å²) >= 11 is 0. The Bertz CT molecular complexity index is 1050. The van der Waals surface area contributed by atoms with Crippen LogP contribution in [0, 0.1) is 6.92 Å². The number of aryl methyl sites for hydroxylation is 1. The first-order chi connectivity index (χ1) is 14.8. The monoisotopic (exact) mass is 431 g/mol. The van der Waals surface area contributed by atoms with Gasteiger partial charge in [-0.3, -0.25) is 10.3 Å². The first kappa shape index (κ1) is 21.8. The number of aliphatic hydroxyl groups excluding tert-OH is 1. The molecule has 3 N–H and O–H groups in total. The number of hydroxylamine groups is 1. The number of aliphatic hydroxyl groups is 1. The molecular formula is C23H29NO7. The minimum atomic E-state index is -0.766. The molecule has 1 aliphatic carbocycles. The first-order valence-electron chi connectivity index (χ1n) is 10.5. The number of rotatable bonds is 5. The third-order valence-corrected chi connectivity index (χ3v) is 6.66. The zero-order valence-corrected chi connectivity index (χ0v) is 18.1. The van der Waals surface area contributed by atoms with Crippen molar-refractivity contribution >= 4 is 16.7 Å². The summed E-state index contributed by atoms with van der Waals surface area (Å²) in [5.74, 6) is -0.243. The molecule has 0 amide bonds. The Morgan fingerprint density at radius 3 is 2.65 bits per heavy atom. The fourth-order valence-corrected chi connectivity index (χ4v) is 5.11. The van der Waals surface area contributed by atoms with Crippen LogP contribution in [0.4, 0.5) is 0 Å². The van der Waals surface area contributed by atoms with Gasteiger partial charge in [-0.2, -0.15) is 0 Å². The summed E-state index contributed by atoms with van der Waals surface area (Å²) in [6, 6.07) is 3.47. The standard InChI is InChI=1S/C23H29NO7/c1-12-14(21-16(25)11-17(28-3)23(31-21)9-5-6-10-23)7-8-15-19(26)18(13(2)24-29-4)22(27)30-20(12)15/h7-8,16-17,21,24-26H,2,5-6,9-11H2,1,3-4H3. The molecule has 2 fully saturated rings. The van der Waals surface area contributed by atoms with Gasteiger partial charge in [-0.15, -0.1) is 0 Å². The molecule has 1 saturated heterocycles. The van der Waals surface area contributed by atoms with Gasteiger partial charge in [0, 0.05) is 13.5 Å². The molecule has 0 bridgehead atoms. The lowest BCUT2D eigenvalue weighted by Crippen LogP contribution is -2.52. The van der Waals surface area contributed by atoms with Gasteiger partial charge in [0.25, 0.3) is 0 Å². The van der Waals surface area contributed by atoms with Crippen LogP contribution in [0.15, 0.2) is 27.9 Å². The van der Waals surface area contributed by atoms with Gasteiger partial charge in [-0.25, -0.2) is 4.79 Å². The smallest absolute Gasteiger partial charge is 0.349 e. The second kappa shape index (κ2) is 8.27. The molecule has 2 aromatic rings. The Kier molecular flexibility index (Phi) is 5.83. The highest BCUT2D eigenvalue weighted by Crippen LogP contribution is 2.48. The lowest BCUT2D eigenvalue weighted by Gasteiger charge is -2.46. The van der Waals surface area contributed by atoms with Crippen LogP contribution >= 0.6 is 0 Å². The third-order valence-electron chi connectivity index (χ3n) is 6.66.